The van der Waals surface area contributed by atoms with Crippen molar-refractivity contribution < 1.29 is 4.79 Å². The zero-order chi connectivity index (χ0) is 17.1. The highest BCUT2D eigenvalue weighted by molar-refractivity contribution is 7.99. The molecule has 0 aliphatic heterocycles. The normalized spacial score (nSPS) is 10.9. The van der Waals surface area contributed by atoms with Crippen LogP contribution in [0.5, 0.6) is 0 Å². The molecule has 0 saturated carbocycles. The highest BCUT2D eigenvalue weighted by Crippen LogP contribution is 2.21. The topological polar surface area (TPSA) is 73.0 Å². The molecule has 0 saturated heterocycles. The molecule has 0 atom stereocenters. The summed E-state index contributed by atoms with van der Waals surface area (Å²) >= 11 is 1.40. The summed E-state index contributed by atoms with van der Waals surface area (Å²) in [6.07, 6.45) is 3.40. The molecule has 1 aromatic carbocycles. The van der Waals surface area contributed by atoms with Gasteiger partial charge in [-0.15, -0.1) is 10.2 Å². The lowest BCUT2D eigenvalue weighted by Gasteiger charge is -2.03. The van der Waals surface area contributed by atoms with Crippen molar-refractivity contribution in [1.29, 1.82) is 0 Å². The maximum absolute atomic E-state index is 12.2. The van der Waals surface area contributed by atoms with Gasteiger partial charge >= 0.3 is 0 Å². The van der Waals surface area contributed by atoms with E-state index in [9.17, 15) is 4.79 Å². The van der Waals surface area contributed by atoms with Crippen LogP contribution in [0.1, 0.15) is 10.4 Å². The highest BCUT2D eigenvalue weighted by atomic mass is 32.2. The smallest absolute Gasteiger partial charge is 0.185 e. The van der Waals surface area contributed by atoms with Crippen molar-refractivity contribution in [3.05, 3.63) is 72.6 Å². The summed E-state index contributed by atoms with van der Waals surface area (Å²) in [4.78, 5) is 16.2. The van der Waals surface area contributed by atoms with E-state index in [2.05, 4.69) is 20.3 Å². The van der Waals surface area contributed by atoms with E-state index in [0.29, 0.717) is 22.8 Å². The Morgan fingerprint density at radius 2 is 1.76 bits per heavy atom. The maximum Gasteiger partial charge on any atom is 0.185 e. The van der Waals surface area contributed by atoms with Crippen molar-refractivity contribution in [3.8, 4) is 11.4 Å². The summed E-state index contributed by atoms with van der Waals surface area (Å²) < 4.78 is 1.69. The van der Waals surface area contributed by atoms with Crippen LogP contribution in [0.3, 0.4) is 0 Å². The zero-order valence-corrected chi connectivity index (χ0v) is 13.9. The molecular formula is C18H13N5OS. The number of carbonyl (C=O) groups excluding carboxylic acids is 1. The molecule has 0 radical (unpaired) electrons. The van der Waals surface area contributed by atoms with Crippen LogP contribution in [-0.2, 0) is 0 Å². The number of fused-ring (bicyclic) bond motifs is 1. The number of hydrogen-bond donors (Lipinski definition) is 0. The van der Waals surface area contributed by atoms with Crippen LogP contribution >= 0.6 is 11.8 Å². The van der Waals surface area contributed by atoms with Gasteiger partial charge in [-0.3, -0.25) is 9.78 Å². The molecule has 0 amide bonds. The van der Waals surface area contributed by atoms with Crippen LogP contribution in [0.2, 0.25) is 0 Å². The van der Waals surface area contributed by atoms with Gasteiger partial charge in [0.2, 0.25) is 0 Å². The van der Waals surface area contributed by atoms with Gasteiger partial charge in [-0.25, -0.2) is 0 Å². The second-order valence-corrected chi connectivity index (χ2v) is 6.27. The molecule has 6 nitrogen and oxygen atoms in total. The van der Waals surface area contributed by atoms with Crippen molar-refractivity contribution in [3.63, 3.8) is 0 Å². The third kappa shape index (κ3) is 3.27. The average molecular weight is 347 g/mol. The molecule has 3 aromatic heterocycles. The monoisotopic (exact) mass is 347 g/mol. The lowest BCUT2D eigenvalue weighted by molar-refractivity contribution is 0.102. The molecule has 0 unspecified atom stereocenters. The quantitative estimate of drug-likeness (QED) is 0.408. The molecule has 0 spiro atoms. The molecule has 4 aromatic rings. The summed E-state index contributed by atoms with van der Waals surface area (Å²) in [6.45, 7) is 0. The first-order valence-electron chi connectivity index (χ1n) is 7.65. The van der Waals surface area contributed by atoms with Crippen molar-refractivity contribution in [2.75, 3.05) is 5.75 Å². The number of hydrogen-bond acceptors (Lipinski definition) is 6. The number of ketones is 1. The van der Waals surface area contributed by atoms with Gasteiger partial charge in [-0.1, -0.05) is 42.1 Å². The first-order chi connectivity index (χ1) is 12.3. The standard InChI is InChI=1S/C18H13N5OS/c24-15(13-4-2-1-3-5-13)12-25-17-7-6-16-20-21-18(23(16)22-17)14-8-10-19-11-9-14/h1-11H,12H2. The fraction of sp³-hybridized carbons (Fsp3) is 0.0556. The van der Waals surface area contributed by atoms with Gasteiger partial charge < -0.3 is 0 Å². The summed E-state index contributed by atoms with van der Waals surface area (Å²) in [5, 5.41) is 13.6. The first-order valence-corrected chi connectivity index (χ1v) is 8.64. The van der Waals surface area contributed by atoms with E-state index in [1.54, 1.807) is 16.9 Å². The third-order valence-electron chi connectivity index (χ3n) is 3.62. The number of rotatable bonds is 5. The van der Waals surface area contributed by atoms with E-state index < -0.39 is 0 Å². The second kappa shape index (κ2) is 6.82. The summed E-state index contributed by atoms with van der Waals surface area (Å²) in [5.74, 6) is 1.05. The Morgan fingerprint density at radius 3 is 2.56 bits per heavy atom. The average Bonchev–Trinajstić information content (AvgIpc) is 3.10. The van der Waals surface area contributed by atoms with E-state index in [1.807, 2.05) is 54.6 Å². The fourth-order valence-electron chi connectivity index (χ4n) is 2.38. The number of aromatic nitrogens is 5. The number of nitrogens with zero attached hydrogens (tertiary/aromatic N) is 5. The van der Waals surface area contributed by atoms with Crippen molar-refractivity contribution in [1.82, 2.24) is 24.8 Å². The van der Waals surface area contributed by atoms with Gasteiger partial charge in [0.25, 0.3) is 0 Å². The SMILES string of the molecule is O=C(CSc1ccc2nnc(-c3ccncc3)n2n1)c1ccccc1. The van der Waals surface area contributed by atoms with Crippen LogP contribution in [0, 0.1) is 0 Å². The molecule has 4 rings (SSSR count). The zero-order valence-electron chi connectivity index (χ0n) is 13.1. The molecule has 0 bridgehead atoms. The Bertz CT molecular complexity index is 1020. The molecular weight excluding hydrogens is 334 g/mol. The Kier molecular flexibility index (Phi) is 4.22. The predicted octanol–water partition coefficient (Wildman–Crippen LogP) is 3.16. The number of benzene rings is 1. The van der Waals surface area contributed by atoms with Gasteiger partial charge in [0.1, 0.15) is 5.03 Å². The van der Waals surface area contributed by atoms with Gasteiger partial charge in [-0.05, 0) is 24.3 Å². The lowest BCUT2D eigenvalue weighted by Crippen LogP contribution is -2.03. The lowest BCUT2D eigenvalue weighted by atomic mass is 10.2. The van der Waals surface area contributed by atoms with E-state index in [-0.39, 0.29) is 5.78 Å². The Labute approximate surface area is 147 Å². The molecule has 3 heterocycles. The third-order valence-corrected chi connectivity index (χ3v) is 4.54. The molecule has 0 aliphatic carbocycles. The molecule has 0 N–H and O–H groups in total. The maximum atomic E-state index is 12.2. The van der Waals surface area contributed by atoms with E-state index in [1.165, 1.54) is 11.8 Å². The van der Waals surface area contributed by atoms with E-state index in [4.69, 9.17) is 0 Å². The number of pyridine rings is 1. The molecule has 0 fully saturated rings. The van der Waals surface area contributed by atoms with E-state index in [0.717, 1.165) is 10.6 Å². The van der Waals surface area contributed by atoms with E-state index >= 15 is 0 Å². The molecule has 0 aliphatic rings. The van der Waals surface area contributed by atoms with Crippen LogP contribution in [0.4, 0.5) is 0 Å². The van der Waals surface area contributed by atoms with Gasteiger partial charge in [0, 0.05) is 23.5 Å². The highest BCUT2D eigenvalue weighted by Gasteiger charge is 2.11. The van der Waals surface area contributed by atoms with Crippen molar-refractivity contribution in [2.24, 2.45) is 0 Å². The number of thioether (sulfide) groups is 1. The second-order valence-electron chi connectivity index (χ2n) is 5.28. The van der Waals surface area contributed by atoms with Gasteiger partial charge in [0.05, 0.1) is 5.75 Å². The fourth-order valence-corrected chi connectivity index (χ4v) is 3.13. The first kappa shape index (κ1) is 15.5. The van der Waals surface area contributed by atoms with Crippen molar-refractivity contribution >= 4 is 23.2 Å². The van der Waals surface area contributed by atoms with Crippen LogP contribution in [0.15, 0.2) is 72.0 Å². The minimum absolute atomic E-state index is 0.0746. The largest absolute Gasteiger partial charge is 0.293 e. The molecule has 7 heteroatoms. The van der Waals surface area contributed by atoms with Crippen molar-refractivity contribution in [2.45, 2.75) is 5.03 Å². The Morgan fingerprint density at radius 1 is 0.960 bits per heavy atom. The summed E-state index contributed by atoms with van der Waals surface area (Å²) in [7, 11) is 0. The summed E-state index contributed by atoms with van der Waals surface area (Å²) in [5.41, 5.74) is 2.25. The van der Waals surface area contributed by atoms with Gasteiger partial charge in [0.15, 0.2) is 17.3 Å². The van der Waals surface area contributed by atoms with Crippen LogP contribution < -0.4 is 0 Å². The number of carbonyl (C=O) groups is 1. The molecule has 122 valence electrons. The van der Waals surface area contributed by atoms with Crippen LogP contribution in [-0.4, -0.2) is 36.3 Å². The van der Waals surface area contributed by atoms with Gasteiger partial charge in [-0.2, -0.15) is 9.61 Å². The minimum atomic E-state index is 0.0746. The Hall–Kier alpha value is -3.06. The summed E-state index contributed by atoms with van der Waals surface area (Å²) in [6, 6.07) is 16.7. The predicted molar refractivity (Wildman–Crippen MR) is 95.5 cm³/mol. The van der Waals surface area contributed by atoms with Crippen LogP contribution in [0.25, 0.3) is 17.0 Å². The minimum Gasteiger partial charge on any atom is -0.293 e. The Balaban J connectivity index is 1.58. The molecule has 25 heavy (non-hydrogen) atoms. The number of Topliss-reactive ketones (excluding diaryl/α,β-unsaturated/α-hetero) is 1.